The number of hydrogen-bond acceptors (Lipinski definition) is 5. The van der Waals surface area contributed by atoms with Crippen molar-refractivity contribution in [2.45, 2.75) is 24.7 Å². The lowest BCUT2D eigenvalue weighted by Gasteiger charge is -2.09. The zero-order valence-corrected chi connectivity index (χ0v) is 15.7. The van der Waals surface area contributed by atoms with Gasteiger partial charge < -0.3 is 13.7 Å². The first kappa shape index (κ1) is 18.5. The standard InChI is InChI=1S/C17H17BrO5S/c1-12(19)3-4-13-5-7-14(8-6-13)23-24(20,21)15-9-10-17(22-2)16(18)11-15/h5-11H,3-4H2,1-2H3. The van der Waals surface area contributed by atoms with Crippen molar-refractivity contribution in [3.05, 3.63) is 52.5 Å². The van der Waals surface area contributed by atoms with Crippen molar-refractivity contribution < 1.29 is 22.1 Å². The first-order valence-electron chi connectivity index (χ1n) is 7.18. The fourth-order valence-corrected chi connectivity index (χ4v) is 3.66. The molecule has 7 heteroatoms. The minimum absolute atomic E-state index is 0.0239. The van der Waals surface area contributed by atoms with Crippen LogP contribution in [0.15, 0.2) is 51.8 Å². The van der Waals surface area contributed by atoms with E-state index in [0.717, 1.165) is 5.56 Å². The quantitative estimate of drug-likeness (QED) is 0.647. The van der Waals surface area contributed by atoms with E-state index in [9.17, 15) is 13.2 Å². The Hall–Kier alpha value is -1.86. The summed E-state index contributed by atoms with van der Waals surface area (Å²) in [5.74, 6) is 0.861. The largest absolute Gasteiger partial charge is 0.496 e. The summed E-state index contributed by atoms with van der Waals surface area (Å²) in [6.07, 6.45) is 1.08. The highest BCUT2D eigenvalue weighted by atomic mass is 79.9. The predicted octanol–water partition coefficient (Wildman–Crippen LogP) is 3.75. The van der Waals surface area contributed by atoms with Gasteiger partial charge in [-0.05, 0) is 65.2 Å². The van der Waals surface area contributed by atoms with Crippen LogP contribution in [0.1, 0.15) is 18.9 Å². The maximum Gasteiger partial charge on any atom is 0.339 e. The third-order valence-corrected chi connectivity index (χ3v) is 5.17. The highest BCUT2D eigenvalue weighted by molar-refractivity contribution is 9.10. The highest BCUT2D eigenvalue weighted by Crippen LogP contribution is 2.28. The van der Waals surface area contributed by atoms with E-state index in [1.54, 1.807) is 30.3 Å². The number of ketones is 1. The van der Waals surface area contributed by atoms with Crippen molar-refractivity contribution in [1.29, 1.82) is 0 Å². The van der Waals surface area contributed by atoms with Crippen LogP contribution in [0.2, 0.25) is 0 Å². The molecule has 0 aliphatic heterocycles. The summed E-state index contributed by atoms with van der Waals surface area (Å²) in [7, 11) is -2.44. The molecular formula is C17H17BrO5S. The molecule has 0 saturated carbocycles. The number of halogens is 1. The van der Waals surface area contributed by atoms with E-state index >= 15 is 0 Å². The Morgan fingerprint density at radius 2 is 1.79 bits per heavy atom. The van der Waals surface area contributed by atoms with Gasteiger partial charge in [-0.1, -0.05) is 12.1 Å². The molecule has 0 atom stereocenters. The number of carbonyl (C=O) groups excluding carboxylic acids is 1. The van der Waals surface area contributed by atoms with Gasteiger partial charge in [-0.25, -0.2) is 0 Å². The minimum Gasteiger partial charge on any atom is -0.496 e. The predicted molar refractivity (Wildman–Crippen MR) is 94.0 cm³/mol. The molecule has 128 valence electrons. The molecule has 0 bridgehead atoms. The third-order valence-electron chi connectivity index (χ3n) is 3.31. The van der Waals surface area contributed by atoms with Gasteiger partial charge in [0.15, 0.2) is 0 Å². The maximum absolute atomic E-state index is 12.3. The summed E-state index contributed by atoms with van der Waals surface area (Å²) < 4.78 is 35.4. The van der Waals surface area contributed by atoms with Crippen molar-refractivity contribution in [3.63, 3.8) is 0 Å². The molecule has 0 fully saturated rings. The van der Waals surface area contributed by atoms with Gasteiger partial charge in [0.1, 0.15) is 22.2 Å². The topological polar surface area (TPSA) is 69.7 Å². The van der Waals surface area contributed by atoms with Gasteiger partial charge in [0.25, 0.3) is 0 Å². The highest BCUT2D eigenvalue weighted by Gasteiger charge is 2.18. The molecule has 0 radical (unpaired) electrons. The van der Waals surface area contributed by atoms with E-state index in [-0.39, 0.29) is 16.4 Å². The molecular weight excluding hydrogens is 396 g/mol. The molecule has 2 rings (SSSR count). The first-order valence-corrected chi connectivity index (χ1v) is 9.38. The Balaban J connectivity index is 2.14. The molecule has 24 heavy (non-hydrogen) atoms. The van der Waals surface area contributed by atoms with Crippen LogP contribution in [0.5, 0.6) is 11.5 Å². The van der Waals surface area contributed by atoms with Crippen LogP contribution < -0.4 is 8.92 Å². The molecule has 0 unspecified atom stereocenters. The lowest BCUT2D eigenvalue weighted by Crippen LogP contribution is -2.10. The van der Waals surface area contributed by atoms with Crippen LogP contribution >= 0.6 is 15.9 Å². The van der Waals surface area contributed by atoms with Crippen LogP contribution in [0, 0.1) is 0 Å². The Bertz CT molecular complexity index is 829. The summed E-state index contributed by atoms with van der Waals surface area (Å²) >= 11 is 3.25. The number of hydrogen-bond donors (Lipinski definition) is 0. The summed E-state index contributed by atoms with van der Waals surface area (Å²) in [6, 6.07) is 11.0. The average Bonchev–Trinajstić information content (AvgIpc) is 2.53. The molecule has 2 aromatic rings. The second kappa shape index (κ2) is 7.81. The third kappa shape index (κ3) is 4.82. The number of ether oxygens (including phenoxy) is 1. The van der Waals surface area contributed by atoms with Crippen LogP contribution in [0.25, 0.3) is 0 Å². The fraction of sp³-hybridized carbons (Fsp3) is 0.235. The molecule has 0 N–H and O–H groups in total. The Morgan fingerprint density at radius 1 is 1.12 bits per heavy atom. The Morgan fingerprint density at radius 3 is 2.33 bits per heavy atom. The smallest absolute Gasteiger partial charge is 0.339 e. The van der Waals surface area contributed by atoms with E-state index < -0.39 is 10.1 Å². The number of aryl methyl sites for hydroxylation is 1. The first-order chi connectivity index (χ1) is 11.3. The van der Waals surface area contributed by atoms with Crippen molar-refractivity contribution in [3.8, 4) is 11.5 Å². The molecule has 0 spiro atoms. The van der Waals surface area contributed by atoms with Gasteiger partial charge in [0, 0.05) is 6.42 Å². The van der Waals surface area contributed by atoms with Gasteiger partial charge in [0.2, 0.25) is 0 Å². The zero-order chi connectivity index (χ0) is 17.7. The summed E-state index contributed by atoms with van der Waals surface area (Å²) in [5, 5.41) is 0. The van der Waals surface area contributed by atoms with Gasteiger partial charge in [-0.15, -0.1) is 0 Å². The number of benzene rings is 2. The maximum atomic E-state index is 12.3. The van der Waals surface area contributed by atoms with Crippen molar-refractivity contribution >= 4 is 31.8 Å². The second-order valence-electron chi connectivity index (χ2n) is 5.18. The normalized spacial score (nSPS) is 11.1. The Kier molecular flexibility index (Phi) is 6.01. The molecule has 0 amide bonds. The fourth-order valence-electron chi connectivity index (χ4n) is 2.01. The molecule has 0 saturated heterocycles. The molecule has 0 heterocycles. The van der Waals surface area contributed by atoms with Crippen LogP contribution in [0.3, 0.4) is 0 Å². The van der Waals surface area contributed by atoms with E-state index in [4.69, 9.17) is 8.92 Å². The summed E-state index contributed by atoms with van der Waals surface area (Å²) in [5.41, 5.74) is 0.946. The SMILES string of the molecule is COc1ccc(S(=O)(=O)Oc2ccc(CCC(C)=O)cc2)cc1Br. The Labute approximate surface area is 149 Å². The van der Waals surface area contributed by atoms with Crippen LogP contribution in [0.4, 0.5) is 0 Å². The lowest BCUT2D eigenvalue weighted by molar-refractivity contribution is -0.116. The molecule has 2 aromatic carbocycles. The zero-order valence-electron chi connectivity index (χ0n) is 13.3. The number of rotatable bonds is 7. The second-order valence-corrected chi connectivity index (χ2v) is 7.58. The number of carbonyl (C=O) groups is 1. The van der Waals surface area contributed by atoms with Crippen LogP contribution in [-0.4, -0.2) is 21.3 Å². The van der Waals surface area contributed by atoms with Gasteiger partial charge >= 0.3 is 10.1 Å². The minimum atomic E-state index is -3.94. The van der Waals surface area contributed by atoms with E-state index in [0.29, 0.717) is 23.1 Å². The van der Waals surface area contributed by atoms with Crippen molar-refractivity contribution in [1.82, 2.24) is 0 Å². The lowest BCUT2D eigenvalue weighted by atomic mass is 10.1. The average molecular weight is 413 g/mol. The van der Waals surface area contributed by atoms with E-state index in [1.807, 2.05) is 0 Å². The summed E-state index contributed by atoms with van der Waals surface area (Å²) in [4.78, 5) is 11.0. The van der Waals surface area contributed by atoms with Crippen molar-refractivity contribution in [2.24, 2.45) is 0 Å². The van der Waals surface area contributed by atoms with Gasteiger partial charge in [-0.3, -0.25) is 0 Å². The number of methoxy groups -OCH3 is 1. The van der Waals surface area contributed by atoms with Gasteiger partial charge in [-0.2, -0.15) is 8.42 Å². The molecule has 5 nitrogen and oxygen atoms in total. The molecule has 0 aliphatic carbocycles. The van der Waals surface area contributed by atoms with Crippen LogP contribution in [-0.2, 0) is 21.3 Å². The van der Waals surface area contributed by atoms with Gasteiger partial charge in [0.05, 0.1) is 11.6 Å². The summed E-state index contributed by atoms with van der Waals surface area (Å²) in [6.45, 7) is 1.54. The monoisotopic (exact) mass is 412 g/mol. The van der Waals surface area contributed by atoms with E-state index in [2.05, 4.69) is 15.9 Å². The van der Waals surface area contributed by atoms with E-state index in [1.165, 1.54) is 26.2 Å². The van der Waals surface area contributed by atoms with Crippen molar-refractivity contribution in [2.75, 3.05) is 7.11 Å². The number of Topliss-reactive ketones (excluding diaryl/α,β-unsaturated/α-hetero) is 1. The molecule has 0 aromatic heterocycles. The molecule has 0 aliphatic rings.